The minimum atomic E-state index is -0.478. The first-order valence-electron chi connectivity index (χ1n) is 7.06. The number of rotatable bonds is 7. The lowest BCUT2D eigenvalue weighted by Crippen LogP contribution is -2.40. The van der Waals surface area contributed by atoms with Crippen molar-refractivity contribution in [1.29, 1.82) is 0 Å². The van der Waals surface area contributed by atoms with E-state index in [1.165, 1.54) is 12.1 Å². The first-order valence-corrected chi connectivity index (χ1v) is 7.06. The number of hydrogen-bond acceptors (Lipinski definition) is 4. The third kappa shape index (κ3) is 5.51. The third-order valence-electron chi connectivity index (χ3n) is 3.42. The van der Waals surface area contributed by atoms with Crippen molar-refractivity contribution in [3.8, 4) is 0 Å². The van der Waals surface area contributed by atoms with Crippen molar-refractivity contribution in [3.63, 3.8) is 0 Å². The van der Waals surface area contributed by atoms with Gasteiger partial charge in [0.25, 0.3) is 5.69 Å². The van der Waals surface area contributed by atoms with Gasteiger partial charge in [0.15, 0.2) is 0 Å². The van der Waals surface area contributed by atoms with Crippen LogP contribution in [-0.2, 0) is 4.79 Å². The smallest absolute Gasteiger partial charge is 0.271 e. The van der Waals surface area contributed by atoms with Gasteiger partial charge in [0.2, 0.25) is 5.91 Å². The highest BCUT2D eigenvalue weighted by atomic mass is 16.6. The maximum atomic E-state index is 12.2. The van der Waals surface area contributed by atoms with E-state index in [9.17, 15) is 14.9 Å². The van der Waals surface area contributed by atoms with E-state index in [2.05, 4.69) is 19.2 Å². The van der Waals surface area contributed by atoms with E-state index in [1.807, 2.05) is 18.9 Å². The van der Waals surface area contributed by atoms with Crippen molar-refractivity contribution in [2.24, 2.45) is 5.92 Å². The van der Waals surface area contributed by atoms with Crippen molar-refractivity contribution in [1.82, 2.24) is 4.90 Å². The number of nitrogens with zero attached hydrogens (tertiary/aromatic N) is 2. The predicted octanol–water partition coefficient (Wildman–Crippen LogP) is 2.90. The molecule has 0 aliphatic carbocycles. The van der Waals surface area contributed by atoms with Gasteiger partial charge in [-0.15, -0.1) is 0 Å². The number of carbonyl (C=O) groups excluding carboxylic acids is 1. The number of hydrogen-bond donors (Lipinski definition) is 1. The van der Waals surface area contributed by atoms with Crippen LogP contribution in [0, 0.1) is 16.0 Å². The zero-order chi connectivity index (χ0) is 16.0. The minimum Gasteiger partial charge on any atom is -0.324 e. The first kappa shape index (κ1) is 17.1. The second kappa shape index (κ2) is 7.73. The number of non-ortho nitro benzene ring substituents is 1. The maximum Gasteiger partial charge on any atom is 0.271 e. The van der Waals surface area contributed by atoms with Crippen molar-refractivity contribution in [2.75, 3.05) is 18.9 Å². The van der Waals surface area contributed by atoms with Crippen LogP contribution in [0.1, 0.15) is 27.2 Å². The van der Waals surface area contributed by atoms with Gasteiger partial charge in [0.05, 0.1) is 11.0 Å². The van der Waals surface area contributed by atoms with Gasteiger partial charge in [-0.2, -0.15) is 0 Å². The quantitative estimate of drug-likeness (QED) is 0.619. The Morgan fingerprint density at radius 2 is 2.05 bits per heavy atom. The molecule has 0 fully saturated rings. The summed E-state index contributed by atoms with van der Waals surface area (Å²) in [6.45, 7) is 6.94. The fraction of sp³-hybridized carbons (Fsp3) is 0.533. The maximum absolute atomic E-state index is 12.2. The average molecular weight is 293 g/mol. The SMILES string of the molecule is CC(C)CCN(C)C(C)C(=O)Nc1cccc([N+](=O)[O-])c1. The lowest BCUT2D eigenvalue weighted by Gasteiger charge is -2.24. The molecule has 21 heavy (non-hydrogen) atoms. The van der Waals surface area contributed by atoms with Crippen molar-refractivity contribution in [3.05, 3.63) is 34.4 Å². The summed E-state index contributed by atoms with van der Waals surface area (Å²) in [5, 5.41) is 13.4. The van der Waals surface area contributed by atoms with Gasteiger partial charge in [-0.05, 0) is 38.9 Å². The molecule has 1 unspecified atom stereocenters. The van der Waals surface area contributed by atoms with Gasteiger partial charge < -0.3 is 5.32 Å². The van der Waals surface area contributed by atoms with Gasteiger partial charge in [-0.3, -0.25) is 19.8 Å². The zero-order valence-corrected chi connectivity index (χ0v) is 13.0. The van der Waals surface area contributed by atoms with Gasteiger partial charge in [0.1, 0.15) is 0 Å². The number of nitro groups is 1. The Kier molecular flexibility index (Phi) is 6.30. The monoisotopic (exact) mass is 293 g/mol. The van der Waals surface area contributed by atoms with E-state index < -0.39 is 4.92 Å². The minimum absolute atomic E-state index is 0.0337. The van der Waals surface area contributed by atoms with Crippen LogP contribution in [0.2, 0.25) is 0 Å². The van der Waals surface area contributed by atoms with E-state index >= 15 is 0 Å². The molecule has 0 saturated heterocycles. The van der Waals surface area contributed by atoms with Gasteiger partial charge >= 0.3 is 0 Å². The Hall–Kier alpha value is -1.95. The Labute approximate surface area is 125 Å². The van der Waals surface area contributed by atoms with Crippen LogP contribution in [0.3, 0.4) is 0 Å². The molecule has 1 N–H and O–H groups in total. The lowest BCUT2D eigenvalue weighted by atomic mass is 10.1. The molecular weight excluding hydrogens is 270 g/mol. The van der Waals surface area contributed by atoms with E-state index in [1.54, 1.807) is 12.1 Å². The predicted molar refractivity (Wildman–Crippen MR) is 83.3 cm³/mol. The van der Waals surface area contributed by atoms with E-state index in [4.69, 9.17) is 0 Å². The second-order valence-electron chi connectivity index (χ2n) is 5.64. The number of benzene rings is 1. The second-order valence-corrected chi connectivity index (χ2v) is 5.64. The molecule has 116 valence electrons. The molecule has 0 radical (unpaired) electrons. The number of amides is 1. The fourth-order valence-corrected chi connectivity index (χ4v) is 1.80. The summed E-state index contributed by atoms with van der Waals surface area (Å²) in [4.78, 5) is 24.4. The highest BCUT2D eigenvalue weighted by Gasteiger charge is 2.18. The van der Waals surface area contributed by atoms with Crippen LogP contribution in [0.5, 0.6) is 0 Å². The van der Waals surface area contributed by atoms with Crippen molar-refractivity contribution < 1.29 is 9.72 Å². The van der Waals surface area contributed by atoms with E-state index in [0.29, 0.717) is 11.6 Å². The first-order chi connectivity index (χ1) is 9.81. The van der Waals surface area contributed by atoms with Crippen LogP contribution in [0.4, 0.5) is 11.4 Å². The molecule has 6 nitrogen and oxygen atoms in total. The number of likely N-dealkylation sites (N-methyl/N-ethyl adjacent to an activating group) is 1. The molecule has 6 heteroatoms. The van der Waals surface area contributed by atoms with Crippen LogP contribution in [0.25, 0.3) is 0 Å². The summed E-state index contributed by atoms with van der Waals surface area (Å²) >= 11 is 0. The molecule has 0 bridgehead atoms. The van der Waals surface area contributed by atoms with Gasteiger partial charge in [-0.1, -0.05) is 19.9 Å². The number of anilines is 1. The normalized spacial score (nSPS) is 12.5. The molecule has 0 saturated carbocycles. The molecule has 0 aliphatic heterocycles. The molecule has 0 aromatic heterocycles. The molecule has 1 aromatic rings. The molecule has 1 aromatic carbocycles. The van der Waals surface area contributed by atoms with Gasteiger partial charge in [-0.25, -0.2) is 0 Å². The Bertz CT molecular complexity index is 503. The molecule has 1 rings (SSSR count). The molecule has 1 amide bonds. The van der Waals surface area contributed by atoms with Crippen LogP contribution in [0.15, 0.2) is 24.3 Å². The Morgan fingerprint density at radius 3 is 2.62 bits per heavy atom. The summed E-state index contributed by atoms with van der Waals surface area (Å²) in [5.74, 6) is 0.418. The van der Waals surface area contributed by atoms with Crippen molar-refractivity contribution in [2.45, 2.75) is 33.2 Å². The molecule has 0 spiro atoms. The summed E-state index contributed by atoms with van der Waals surface area (Å²) in [5.41, 5.74) is 0.409. The Morgan fingerprint density at radius 1 is 1.38 bits per heavy atom. The summed E-state index contributed by atoms with van der Waals surface area (Å²) < 4.78 is 0. The lowest BCUT2D eigenvalue weighted by molar-refractivity contribution is -0.384. The fourth-order valence-electron chi connectivity index (χ4n) is 1.80. The average Bonchev–Trinajstić information content (AvgIpc) is 2.44. The summed E-state index contributed by atoms with van der Waals surface area (Å²) in [7, 11) is 1.90. The van der Waals surface area contributed by atoms with Gasteiger partial charge in [0, 0.05) is 17.8 Å². The summed E-state index contributed by atoms with van der Waals surface area (Å²) in [6, 6.07) is 5.67. The summed E-state index contributed by atoms with van der Waals surface area (Å²) in [6.07, 6.45) is 1.02. The molecule has 0 heterocycles. The van der Waals surface area contributed by atoms with E-state index in [0.717, 1.165) is 13.0 Å². The van der Waals surface area contributed by atoms with Crippen LogP contribution < -0.4 is 5.32 Å². The van der Waals surface area contributed by atoms with Crippen LogP contribution in [-0.4, -0.2) is 35.4 Å². The largest absolute Gasteiger partial charge is 0.324 e. The highest BCUT2D eigenvalue weighted by Crippen LogP contribution is 2.17. The Balaban J connectivity index is 2.63. The molecule has 0 aliphatic rings. The molecule has 1 atom stereocenters. The number of nitrogens with one attached hydrogen (secondary N) is 1. The van der Waals surface area contributed by atoms with E-state index in [-0.39, 0.29) is 17.6 Å². The molecular formula is C15H23N3O3. The number of nitro benzene ring substituents is 1. The highest BCUT2D eigenvalue weighted by molar-refractivity contribution is 5.94. The third-order valence-corrected chi connectivity index (χ3v) is 3.42. The topological polar surface area (TPSA) is 75.5 Å². The zero-order valence-electron chi connectivity index (χ0n) is 13.0. The standard InChI is InChI=1S/C15H23N3O3/c1-11(2)8-9-17(4)12(3)15(19)16-13-6-5-7-14(10-13)18(20)21/h5-7,10-12H,8-9H2,1-4H3,(H,16,19). The number of carbonyl (C=O) groups is 1. The van der Waals surface area contributed by atoms with Crippen molar-refractivity contribution >= 4 is 17.3 Å². The van der Waals surface area contributed by atoms with Crippen LogP contribution >= 0.6 is 0 Å².